The van der Waals surface area contributed by atoms with Crippen molar-refractivity contribution in [2.75, 3.05) is 88.1 Å². The molecule has 21 fully saturated rings. The lowest BCUT2D eigenvalue weighted by atomic mass is 9.95. The largest absolute Gasteiger partial charge is 0.481 e. The molecule has 1 aromatic carbocycles. The first-order chi connectivity index (χ1) is 60.1. The monoisotopic (exact) mass is 1850 g/mol. The number of H-pyrrole nitrogens is 2. The van der Waals surface area contributed by atoms with Crippen LogP contribution in [0.1, 0.15) is 68.4 Å². The highest BCUT2D eigenvalue weighted by atomic mass is 32.2. The second kappa shape index (κ2) is 45.8. The van der Waals surface area contributed by atoms with Crippen molar-refractivity contribution in [3.8, 4) is 0 Å². The summed E-state index contributed by atoms with van der Waals surface area (Å²) >= 11 is 2.17. The normalized spacial score (nSPS) is 38.9. The highest BCUT2D eigenvalue weighted by molar-refractivity contribution is 7.99. The van der Waals surface area contributed by atoms with Crippen LogP contribution in [0.5, 0.6) is 0 Å². The third kappa shape index (κ3) is 24.0. The van der Waals surface area contributed by atoms with E-state index < -0.39 is 301 Å². The Balaban J connectivity index is 0.777. The number of rotatable bonds is 31. The molecule has 2 amide bonds. The number of nitrogens with two attached hydrogens (primary N) is 1. The van der Waals surface area contributed by atoms with E-state index in [9.17, 15) is 126 Å². The predicted molar refractivity (Wildman–Crippen MR) is 424 cm³/mol. The second-order valence-corrected chi connectivity index (χ2v) is 34.5. The fourth-order valence-corrected chi connectivity index (χ4v) is 17.5. The van der Waals surface area contributed by atoms with Gasteiger partial charge in [0.1, 0.15) is 177 Å². The van der Waals surface area contributed by atoms with Gasteiger partial charge >= 0.3 is 11.9 Å². The molecule has 14 bridgehead atoms. The van der Waals surface area contributed by atoms with Crippen molar-refractivity contribution in [3.63, 3.8) is 0 Å². The number of aromatic nitrogens is 3. The van der Waals surface area contributed by atoms with E-state index in [1.54, 1.807) is 39.1 Å². The van der Waals surface area contributed by atoms with E-state index in [4.69, 9.17) is 81.5 Å². The van der Waals surface area contributed by atoms with Crippen LogP contribution in [0.3, 0.4) is 0 Å². The molecule has 24 rings (SSSR count). The smallest absolute Gasteiger partial charge is 0.328 e. The summed E-state index contributed by atoms with van der Waals surface area (Å²) in [4.78, 5) is 74.8. The number of aliphatic carboxylic acids is 1. The van der Waals surface area contributed by atoms with Crippen LogP contribution in [0.25, 0.3) is 11.0 Å². The van der Waals surface area contributed by atoms with Crippen LogP contribution in [0.4, 0.5) is 5.95 Å². The molecule has 20 unspecified atom stereocenters. The Bertz CT molecular complexity index is 4000. The number of hydrogen-bond donors (Lipinski definition) is 26. The molecule has 37 atom stereocenters. The highest BCUT2D eigenvalue weighted by Gasteiger charge is 2.60. The van der Waals surface area contributed by atoms with Crippen molar-refractivity contribution >= 4 is 64.3 Å². The number of aliphatic hydroxyl groups is 19. The molecule has 3 aromatic rings. The van der Waals surface area contributed by atoms with E-state index in [1.165, 1.54) is 23.9 Å². The number of carboxylic acid groups (broad SMARTS) is 1. The van der Waals surface area contributed by atoms with Crippen molar-refractivity contribution in [1.82, 2.24) is 30.9 Å². The molecule has 0 saturated carbocycles. The van der Waals surface area contributed by atoms with Crippen molar-refractivity contribution in [2.24, 2.45) is 0 Å². The maximum absolute atomic E-state index is 14.3. The van der Waals surface area contributed by atoms with E-state index >= 15 is 0 Å². The molecule has 2 aromatic heterocycles. The van der Waals surface area contributed by atoms with Gasteiger partial charge in [0.25, 0.3) is 11.5 Å². The molecule has 21 aliphatic rings. The Labute approximate surface area is 727 Å². The lowest BCUT2D eigenvalue weighted by Gasteiger charge is -2.50. The molecule has 21 saturated heterocycles. The number of nitrogens with one attached hydrogen (secondary N) is 5. The highest BCUT2D eigenvalue weighted by Crippen LogP contribution is 2.41. The number of thioether (sulfide) groups is 2. The van der Waals surface area contributed by atoms with Gasteiger partial charge in [0, 0.05) is 47.5 Å². The first kappa shape index (κ1) is 101. The van der Waals surface area contributed by atoms with Gasteiger partial charge in [-0.15, -0.1) is 0 Å². The van der Waals surface area contributed by atoms with Crippen molar-refractivity contribution in [2.45, 2.75) is 292 Å². The van der Waals surface area contributed by atoms with E-state index in [-0.39, 0.29) is 61.6 Å². The maximum Gasteiger partial charge on any atom is 0.328 e. The van der Waals surface area contributed by atoms with Crippen LogP contribution in [-0.2, 0) is 103 Å². The standard InChI is InChI=1S/C76H117N7O41S2/c1-5-76(3,4)83-32(65(106)78-15-16-109-17-18-110-67(108)31(13-14-40(89)90)80-64(105)29-10-7-28(8-11-29)9-12-30-19-79-63-41(30)66(107)82-75(77)81-63)25-126-27-39-62-48(97)55(104)74(117-39)122-60-37(24-88)113-69(51(100)44(60)93)118-56-33(20-84)111-68(49(98)42(56)91)119-57-34(21-85)114-71(52(101)45(57)94)123-61-38(26-125-6-2)116-73(54(103)47(61)96)121-59-36(23-87)112-70(50(99)43(59)92)120-58-35(22-86)115-72(124-62)53(102)46(58)95/h7-8,10-11,19,31-39,42-62,68-74,83-88,91-104H,5-6,9,12-18,20-27H2,1-4H3,(H,78,106)(H,80,105)(H,89,90)(H4,77,79,81,82,107)/t31-,32+,33?,34?,35?,36?,37?,38?,39?,42?,43+,44?,45?,46?,47?,48?,49?,50?,51?,52?,53?,54?,55?,56+,57+,58+,59+,60+,61+,62+,68+,69+,70-,71+,72-,73+,74-/m0/s1. The van der Waals surface area contributed by atoms with Gasteiger partial charge in [0.05, 0.1) is 69.9 Å². The lowest BCUT2D eigenvalue weighted by Crippen LogP contribution is -2.68. The molecule has 126 heavy (non-hydrogen) atoms. The number of esters is 1. The Kier molecular flexibility index (Phi) is 36.8. The number of anilines is 1. The lowest BCUT2D eigenvalue weighted by molar-refractivity contribution is -0.395. The van der Waals surface area contributed by atoms with E-state index in [0.29, 0.717) is 41.6 Å². The predicted octanol–water partition coefficient (Wildman–Crippen LogP) is -11.3. The van der Waals surface area contributed by atoms with Gasteiger partial charge in [-0.3, -0.25) is 24.2 Å². The fourth-order valence-electron chi connectivity index (χ4n) is 15.6. The Hall–Kier alpha value is -5.38. The summed E-state index contributed by atoms with van der Waals surface area (Å²) in [7, 11) is 0. The zero-order valence-corrected chi connectivity index (χ0v) is 70.5. The number of aromatic amines is 2. The second-order valence-electron chi connectivity index (χ2n) is 32.1. The Morgan fingerprint density at radius 1 is 0.508 bits per heavy atom. The van der Waals surface area contributed by atoms with E-state index in [0.717, 1.165) is 17.3 Å². The molecule has 23 heterocycles. The zero-order chi connectivity index (χ0) is 91.4. The third-order valence-electron chi connectivity index (χ3n) is 23.0. The summed E-state index contributed by atoms with van der Waals surface area (Å²) in [5.41, 5.74) is 6.49. The van der Waals surface area contributed by atoms with Crippen LogP contribution in [0.15, 0.2) is 35.3 Å². The molecule has 50 heteroatoms. The van der Waals surface area contributed by atoms with Gasteiger partial charge in [-0.25, -0.2) is 4.79 Å². The van der Waals surface area contributed by atoms with E-state index in [1.807, 2.05) is 6.92 Å². The molecule has 0 aliphatic carbocycles. The number of nitrogens with zero attached hydrogens (tertiary/aromatic N) is 1. The third-order valence-corrected chi connectivity index (χ3v) is 25.1. The van der Waals surface area contributed by atoms with Crippen LogP contribution < -0.4 is 27.2 Å². The molecule has 21 aliphatic heterocycles. The SMILES string of the molecule is CCSCC1O[C@@H]2O[C@@H]3C(CO)O[C@@H](O[C@@H]4C(CO)O[C@@H](O[C@@H]5C(CSC[C@@H](NC(C)(C)CC)C(=O)NCCOCCOC(=O)[C@H](CCC(=O)O)NC(=O)c6ccc(CCc7c[nH]c8nc(N)[nH]c(=O)c78)cc6)O[C@@H](O[C@@H]6C(CO)O[C@H](O[C@@H]7C(CO)O[C@H](O[C@@H]8C(CO)O[C@H](O[C@H]1C(O)C2O)C(O)C8O)C(O)C7O)C(O)C6O)C(O)C5O)C(O)C4O)C(O)[C@H]3O. The number of amides is 2. The number of ether oxygens (including phenoxy) is 16. The minimum Gasteiger partial charge on any atom is -0.481 e. The molecule has 48 nitrogen and oxygen atoms in total. The minimum absolute atomic E-state index is 0.0396. The number of benzene rings is 1. The van der Waals surface area contributed by atoms with Crippen LogP contribution in [0, 0.1) is 0 Å². The maximum atomic E-state index is 14.3. The van der Waals surface area contributed by atoms with Gasteiger partial charge in [-0.1, -0.05) is 26.0 Å². The Morgan fingerprint density at radius 3 is 1.26 bits per heavy atom. The average Bonchev–Trinajstić information content (AvgIpc) is 0.886. The van der Waals surface area contributed by atoms with Gasteiger partial charge in [-0.05, 0) is 68.5 Å². The first-order valence-corrected chi connectivity index (χ1v) is 43.6. The number of carbonyl (C=O) groups excluding carboxylic acids is 3. The number of aliphatic hydroxyl groups excluding tert-OH is 19. The molecule has 0 radical (unpaired) electrons. The summed E-state index contributed by atoms with van der Waals surface area (Å²) in [5, 5.41) is 237. The topological polar surface area (TPSA) is 744 Å². The Morgan fingerprint density at radius 2 is 0.889 bits per heavy atom. The summed E-state index contributed by atoms with van der Waals surface area (Å²) in [6.07, 6.45) is -68.5. The fraction of sp³-hybridized carbons (Fsp3) is 0.789. The van der Waals surface area contributed by atoms with Crippen molar-refractivity contribution < 1.29 is 197 Å². The summed E-state index contributed by atoms with van der Waals surface area (Å²) in [6.45, 7) is 0.919. The van der Waals surface area contributed by atoms with Crippen molar-refractivity contribution in [1.29, 1.82) is 0 Å². The van der Waals surface area contributed by atoms with E-state index in [2.05, 4.69) is 30.9 Å². The molecule has 27 N–H and O–H groups in total. The number of nitrogen functional groups attached to an aromatic ring is 1. The van der Waals surface area contributed by atoms with Crippen molar-refractivity contribution in [3.05, 3.63) is 57.5 Å². The number of carbonyl (C=O) groups is 4. The zero-order valence-electron chi connectivity index (χ0n) is 68.8. The minimum atomic E-state index is -2.30. The number of fused-ring (bicyclic) bond motifs is 1. The number of aryl methyl sites for hydroxylation is 2. The number of carboxylic acids is 1. The quantitative estimate of drug-likeness (QED) is 0.0210. The summed E-state index contributed by atoms with van der Waals surface area (Å²) in [5.74, 6) is -3.75. The first-order valence-electron chi connectivity index (χ1n) is 41.2. The summed E-state index contributed by atoms with van der Waals surface area (Å²) < 4.78 is 94.8. The molecule has 714 valence electrons. The van der Waals surface area contributed by atoms with Gasteiger partial charge in [0.15, 0.2) is 44.0 Å². The van der Waals surface area contributed by atoms with Crippen LogP contribution >= 0.6 is 23.5 Å². The molecule has 0 spiro atoms. The van der Waals surface area contributed by atoms with Crippen LogP contribution in [-0.4, -0.2) is 456 Å². The average molecular weight is 1850 g/mol. The van der Waals surface area contributed by atoms with Gasteiger partial charge in [-0.2, -0.15) is 28.5 Å². The molecular weight excluding hydrogens is 1730 g/mol. The summed E-state index contributed by atoms with van der Waals surface area (Å²) in [6, 6.07) is 3.91. The van der Waals surface area contributed by atoms with Gasteiger partial charge < -0.3 is 205 Å². The number of hydrogen-bond acceptors (Lipinski definition) is 45. The van der Waals surface area contributed by atoms with Gasteiger partial charge in [0.2, 0.25) is 11.9 Å². The van der Waals surface area contributed by atoms with Crippen LogP contribution in [0.2, 0.25) is 0 Å². The molecular formula is C76H117N7O41S2.